The molecule has 0 aromatic heterocycles. The lowest BCUT2D eigenvalue weighted by atomic mass is 10.0. The Labute approximate surface area is 386 Å². The molecule has 378 valence electrons. The van der Waals surface area contributed by atoms with E-state index in [0.29, 0.717) is 145 Å². The van der Waals surface area contributed by atoms with Gasteiger partial charge in [-0.1, -0.05) is 149 Å². The number of unbranched alkanes of at least 4 members (excludes halogenated alkanes) is 21. The van der Waals surface area contributed by atoms with Crippen molar-refractivity contribution in [3.63, 3.8) is 0 Å². The number of esters is 1. The first-order chi connectivity index (χ1) is 31.3. The van der Waals surface area contributed by atoms with Crippen molar-refractivity contribution in [2.75, 3.05) is 152 Å². The van der Waals surface area contributed by atoms with Crippen molar-refractivity contribution in [2.24, 2.45) is 0 Å². The standard InChI is InChI=1S/C50H100O13/c1-3-5-7-9-11-13-14-15-16-17-18-19-20-22-24-26-50(51)63-49-48-62-47-46-61-45-44-60-43-42-59-41-40-58-39-38-57-37-36-56-35-34-55-33-32-54-31-30-53-29-28-52-27-25-23-21-12-10-8-6-4-2/h3-49H2,1-2H3. The molecule has 13 heteroatoms. The third-order valence-electron chi connectivity index (χ3n) is 10.3. The zero-order valence-electron chi connectivity index (χ0n) is 41.0. The van der Waals surface area contributed by atoms with E-state index in [1.165, 1.54) is 128 Å². The first kappa shape index (κ1) is 62.0. The molecule has 0 fully saturated rings. The van der Waals surface area contributed by atoms with Gasteiger partial charge in [-0.2, -0.15) is 0 Å². The number of carbonyl (C=O) groups excluding carboxylic acids is 1. The Hall–Kier alpha value is -0.970. The highest BCUT2D eigenvalue weighted by molar-refractivity contribution is 5.69. The quantitative estimate of drug-likeness (QED) is 0.0425. The summed E-state index contributed by atoms with van der Waals surface area (Å²) in [4.78, 5) is 11.9. The Morgan fingerprint density at radius 2 is 0.413 bits per heavy atom. The summed E-state index contributed by atoms with van der Waals surface area (Å²) in [6, 6.07) is 0. The van der Waals surface area contributed by atoms with Gasteiger partial charge < -0.3 is 56.8 Å². The van der Waals surface area contributed by atoms with Crippen LogP contribution in [0.4, 0.5) is 0 Å². The average Bonchev–Trinajstić information content (AvgIpc) is 3.29. The van der Waals surface area contributed by atoms with E-state index in [0.717, 1.165) is 25.9 Å². The summed E-state index contributed by atoms with van der Waals surface area (Å²) in [5.41, 5.74) is 0. The number of carbonyl (C=O) groups is 1. The van der Waals surface area contributed by atoms with Crippen LogP contribution in [-0.4, -0.2) is 158 Å². The lowest BCUT2D eigenvalue weighted by molar-refractivity contribution is -0.145. The smallest absolute Gasteiger partial charge is 0.305 e. The van der Waals surface area contributed by atoms with Gasteiger partial charge in [0.25, 0.3) is 0 Å². The molecule has 0 unspecified atom stereocenters. The van der Waals surface area contributed by atoms with Gasteiger partial charge >= 0.3 is 5.97 Å². The van der Waals surface area contributed by atoms with Crippen LogP contribution >= 0.6 is 0 Å². The highest BCUT2D eigenvalue weighted by Crippen LogP contribution is 2.14. The second-order valence-electron chi connectivity index (χ2n) is 16.1. The van der Waals surface area contributed by atoms with Crippen LogP contribution in [0.25, 0.3) is 0 Å². The van der Waals surface area contributed by atoms with Gasteiger partial charge in [0.1, 0.15) is 6.61 Å². The summed E-state index contributed by atoms with van der Waals surface area (Å²) >= 11 is 0. The molecule has 0 amide bonds. The van der Waals surface area contributed by atoms with E-state index in [4.69, 9.17) is 56.8 Å². The molecular weight excluding hydrogens is 809 g/mol. The Morgan fingerprint density at radius 1 is 0.222 bits per heavy atom. The van der Waals surface area contributed by atoms with Crippen molar-refractivity contribution in [2.45, 2.75) is 168 Å². The zero-order chi connectivity index (χ0) is 45.3. The van der Waals surface area contributed by atoms with Crippen LogP contribution in [0.3, 0.4) is 0 Å². The third-order valence-corrected chi connectivity index (χ3v) is 10.3. The maximum absolute atomic E-state index is 11.9. The first-order valence-corrected chi connectivity index (χ1v) is 25.8. The summed E-state index contributed by atoms with van der Waals surface area (Å²) in [6.45, 7) is 16.5. The summed E-state index contributed by atoms with van der Waals surface area (Å²) in [6.07, 6.45) is 30.7. The normalized spacial score (nSPS) is 11.6. The SMILES string of the molecule is CCCCCCCCCCCCCCCCCC(=O)OCCOCCOCCOCCOCCOCCOCCOCCOCCOCCOCCOCCCCCCCCCC. The molecule has 63 heavy (non-hydrogen) atoms. The van der Waals surface area contributed by atoms with Crippen molar-refractivity contribution < 1.29 is 61.6 Å². The number of hydrogen-bond acceptors (Lipinski definition) is 13. The van der Waals surface area contributed by atoms with Crippen LogP contribution in [0.15, 0.2) is 0 Å². The Bertz CT molecular complexity index is 825. The number of ether oxygens (including phenoxy) is 12. The lowest BCUT2D eigenvalue weighted by Crippen LogP contribution is -2.15. The fraction of sp³-hybridized carbons (Fsp3) is 0.980. The van der Waals surface area contributed by atoms with Gasteiger partial charge in [-0.25, -0.2) is 0 Å². The molecule has 0 aliphatic rings. The molecule has 0 N–H and O–H groups in total. The van der Waals surface area contributed by atoms with Crippen LogP contribution in [0.5, 0.6) is 0 Å². The van der Waals surface area contributed by atoms with Gasteiger partial charge in [0, 0.05) is 13.0 Å². The third kappa shape index (κ3) is 59.0. The number of hydrogen-bond donors (Lipinski definition) is 0. The van der Waals surface area contributed by atoms with Gasteiger partial charge in [-0.15, -0.1) is 0 Å². The van der Waals surface area contributed by atoms with Gasteiger partial charge in [0.2, 0.25) is 0 Å². The minimum absolute atomic E-state index is 0.129. The predicted molar refractivity (Wildman–Crippen MR) is 252 cm³/mol. The topological polar surface area (TPSA) is 128 Å². The van der Waals surface area contributed by atoms with E-state index in [2.05, 4.69) is 13.8 Å². The predicted octanol–water partition coefficient (Wildman–Crippen LogP) is 10.1. The Kier molecular flexibility index (Phi) is 58.1. The van der Waals surface area contributed by atoms with Crippen molar-refractivity contribution in [1.29, 1.82) is 0 Å². The minimum atomic E-state index is -0.129. The molecule has 0 heterocycles. The molecular formula is C50H100O13. The fourth-order valence-corrected chi connectivity index (χ4v) is 6.57. The average molecular weight is 909 g/mol. The molecule has 0 saturated heterocycles. The Morgan fingerprint density at radius 3 is 0.667 bits per heavy atom. The summed E-state index contributed by atoms with van der Waals surface area (Å²) in [5.74, 6) is -0.129. The molecule has 0 aliphatic heterocycles. The number of rotatable bonds is 58. The van der Waals surface area contributed by atoms with Crippen LogP contribution < -0.4 is 0 Å². The van der Waals surface area contributed by atoms with E-state index < -0.39 is 0 Å². The van der Waals surface area contributed by atoms with Gasteiger partial charge in [-0.05, 0) is 12.8 Å². The molecule has 0 spiro atoms. The highest BCUT2D eigenvalue weighted by Gasteiger charge is 2.03. The molecule has 0 rings (SSSR count). The largest absolute Gasteiger partial charge is 0.463 e. The lowest BCUT2D eigenvalue weighted by Gasteiger charge is -2.09. The van der Waals surface area contributed by atoms with Crippen LogP contribution in [0, 0.1) is 0 Å². The maximum Gasteiger partial charge on any atom is 0.305 e. The molecule has 0 aromatic carbocycles. The first-order valence-electron chi connectivity index (χ1n) is 25.8. The van der Waals surface area contributed by atoms with Crippen LogP contribution in [0.2, 0.25) is 0 Å². The van der Waals surface area contributed by atoms with Crippen molar-refractivity contribution in [1.82, 2.24) is 0 Å². The van der Waals surface area contributed by atoms with E-state index in [9.17, 15) is 4.79 Å². The van der Waals surface area contributed by atoms with Gasteiger partial charge in [0.15, 0.2) is 0 Å². The Balaban J connectivity index is 3.12. The minimum Gasteiger partial charge on any atom is -0.463 e. The molecule has 0 atom stereocenters. The van der Waals surface area contributed by atoms with E-state index in [1.807, 2.05) is 0 Å². The van der Waals surface area contributed by atoms with Crippen molar-refractivity contribution in [3.8, 4) is 0 Å². The molecule has 13 nitrogen and oxygen atoms in total. The fourth-order valence-electron chi connectivity index (χ4n) is 6.57. The van der Waals surface area contributed by atoms with Crippen molar-refractivity contribution >= 4 is 5.97 Å². The van der Waals surface area contributed by atoms with Crippen LogP contribution in [-0.2, 0) is 61.6 Å². The molecule has 0 aliphatic carbocycles. The summed E-state index contributed by atoms with van der Waals surface area (Å²) in [7, 11) is 0. The van der Waals surface area contributed by atoms with E-state index in [-0.39, 0.29) is 12.6 Å². The van der Waals surface area contributed by atoms with E-state index >= 15 is 0 Å². The molecule has 0 bridgehead atoms. The molecule has 0 radical (unpaired) electrons. The van der Waals surface area contributed by atoms with Gasteiger partial charge in [0.05, 0.1) is 139 Å². The molecule has 0 saturated carbocycles. The summed E-state index contributed by atoms with van der Waals surface area (Å²) in [5, 5.41) is 0. The second-order valence-corrected chi connectivity index (χ2v) is 16.1. The van der Waals surface area contributed by atoms with E-state index in [1.54, 1.807) is 0 Å². The summed E-state index contributed by atoms with van der Waals surface area (Å²) < 4.78 is 66.1. The monoisotopic (exact) mass is 909 g/mol. The van der Waals surface area contributed by atoms with Gasteiger partial charge in [-0.3, -0.25) is 4.79 Å². The highest BCUT2D eigenvalue weighted by atomic mass is 16.6. The zero-order valence-corrected chi connectivity index (χ0v) is 41.0. The van der Waals surface area contributed by atoms with Crippen molar-refractivity contribution in [3.05, 3.63) is 0 Å². The van der Waals surface area contributed by atoms with Crippen LogP contribution in [0.1, 0.15) is 168 Å². The molecule has 0 aromatic rings. The maximum atomic E-state index is 11.9. The second kappa shape index (κ2) is 59.0.